The third-order valence-corrected chi connectivity index (χ3v) is 7.42. The predicted molar refractivity (Wildman–Crippen MR) is 147 cm³/mol. The first-order chi connectivity index (χ1) is 19.1. The zero-order chi connectivity index (χ0) is 28.9. The van der Waals surface area contributed by atoms with Crippen LogP contribution in [-0.4, -0.2) is 59.4 Å². The van der Waals surface area contributed by atoms with Gasteiger partial charge in [-0.2, -0.15) is 23.5 Å². The standard InChI is InChI=1S/C27H27Cl2F3N6O2/c1-2-37(25(39)17-6-3-4-7-17)23-14-38(36-24(23)18-10-11-21(28)22(29)12-18)26(34-16-33)35-19-8-5-9-20(13-19)40-15-27(30,31)32/h5,8-13,17,23H,2-4,6-7,14-15H2,1H3,(H,34,35). The van der Waals surface area contributed by atoms with E-state index in [1.807, 2.05) is 13.1 Å². The van der Waals surface area contributed by atoms with Crippen molar-refractivity contribution in [3.8, 4) is 11.9 Å². The number of guanidine groups is 1. The van der Waals surface area contributed by atoms with Gasteiger partial charge >= 0.3 is 6.18 Å². The van der Waals surface area contributed by atoms with Gasteiger partial charge in [0.1, 0.15) is 5.75 Å². The lowest BCUT2D eigenvalue weighted by Crippen LogP contribution is -2.49. The van der Waals surface area contributed by atoms with Gasteiger partial charge in [-0.05, 0) is 44.0 Å². The van der Waals surface area contributed by atoms with E-state index < -0.39 is 18.8 Å². The van der Waals surface area contributed by atoms with Gasteiger partial charge in [0, 0.05) is 24.1 Å². The minimum atomic E-state index is -4.49. The first-order valence-electron chi connectivity index (χ1n) is 12.7. The summed E-state index contributed by atoms with van der Waals surface area (Å²) in [7, 11) is 0. The molecule has 2 aromatic rings. The van der Waals surface area contributed by atoms with Crippen molar-refractivity contribution < 1.29 is 22.7 Å². The number of carbonyl (C=O) groups excluding carboxylic acids is 1. The van der Waals surface area contributed by atoms with Gasteiger partial charge in [-0.25, -0.2) is 10.0 Å². The molecule has 2 aliphatic rings. The summed E-state index contributed by atoms with van der Waals surface area (Å²) in [5.41, 5.74) is 1.43. The highest BCUT2D eigenvalue weighted by Gasteiger charge is 2.39. The van der Waals surface area contributed by atoms with Crippen LogP contribution in [0.4, 0.5) is 18.9 Å². The fourth-order valence-electron chi connectivity index (χ4n) is 4.84. The second-order valence-electron chi connectivity index (χ2n) is 9.39. The lowest BCUT2D eigenvalue weighted by Gasteiger charge is -2.31. The molecule has 4 rings (SSSR count). The summed E-state index contributed by atoms with van der Waals surface area (Å²) in [5.74, 6) is -0.0249. The minimum absolute atomic E-state index is 0.0277. The number of amides is 1. The van der Waals surface area contributed by atoms with Crippen molar-refractivity contribution in [2.75, 3.05) is 19.7 Å². The highest BCUT2D eigenvalue weighted by molar-refractivity contribution is 6.42. The monoisotopic (exact) mass is 594 g/mol. The van der Waals surface area contributed by atoms with E-state index in [9.17, 15) is 23.2 Å². The number of ether oxygens (including phenoxy) is 1. The summed E-state index contributed by atoms with van der Waals surface area (Å²) in [6.07, 6.45) is 1.02. The number of halogens is 5. The van der Waals surface area contributed by atoms with E-state index in [-0.39, 0.29) is 35.8 Å². The number of benzene rings is 2. The number of nitrogens with one attached hydrogen (secondary N) is 1. The van der Waals surface area contributed by atoms with Crippen LogP contribution in [0, 0.1) is 17.4 Å². The quantitative estimate of drug-likeness (QED) is 0.180. The summed E-state index contributed by atoms with van der Waals surface area (Å²) >= 11 is 12.4. The fraction of sp³-hybridized carbons (Fsp3) is 0.407. The van der Waals surface area contributed by atoms with Gasteiger partial charge in [0.15, 0.2) is 12.8 Å². The normalized spacial score (nSPS) is 17.9. The molecule has 1 amide bonds. The van der Waals surface area contributed by atoms with Gasteiger partial charge in [0.05, 0.1) is 34.0 Å². The van der Waals surface area contributed by atoms with Crippen LogP contribution >= 0.6 is 23.2 Å². The predicted octanol–water partition coefficient (Wildman–Crippen LogP) is 6.12. The fourth-order valence-corrected chi connectivity index (χ4v) is 5.14. The molecule has 8 nitrogen and oxygen atoms in total. The summed E-state index contributed by atoms with van der Waals surface area (Å²) in [6, 6.07) is 10.3. The molecule has 1 aliphatic carbocycles. The lowest BCUT2D eigenvalue weighted by atomic mass is 9.99. The first-order valence-corrected chi connectivity index (χ1v) is 13.5. The molecule has 1 atom stereocenters. The molecule has 1 heterocycles. The number of likely N-dealkylation sites (N-methyl/N-ethyl adjacent to an activating group) is 1. The number of nitriles is 1. The summed E-state index contributed by atoms with van der Waals surface area (Å²) in [4.78, 5) is 19.7. The van der Waals surface area contributed by atoms with E-state index in [2.05, 4.69) is 10.3 Å². The van der Waals surface area contributed by atoms with E-state index in [0.29, 0.717) is 27.9 Å². The second kappa shape index (κ2) is 12.8. The molecule has 0 radical (unpaired) electrons. The van der Waals surface area contributed by atoms with Crippen LogP contribution in [-0.2, 0) is 4.79 Å². The van der Waals surface area contributed by atoms with Crippen molar-refractivity contribution in [3.63, 3.8) is 0 Å². The molecule has 1 aliphatic heterocycles. The number of alkyl halides is 3. The van der Waals surface area contributed by atoms with Crippen LogP contribution in [0.15, 0.2) is 52.6 Å². The van der Waals surface area contributed by atoms with Crippen molar-refractivity contribution in [3.05, 3.63) is 58.1 Å². The van der Waals surface area contributed by atoms with Crippen LogP contribution in [0.5, 0.6) is 5.75 Å². The van der Waals surface area contributed by atoms with Crippen molar-refractivity contribution in [2.24, 2.45) is 16.0 Å². The number of aliphatic imine (C=N–C) groups is 1. The van der Waals surface area contributed by atoms with Gasteiger partial charge in [0.2, 0.25) is 11.9 Å². The number of hydrogen-bond donors (Lipinski definition) is 1. The van der Waals surface area contributed by atoms with Crippen LogP contribution in [0.1, 0.15) is 38.2 Å². The SMILES string of the molecule is CCN(C(=O)C1CCCC1)C1CN(C(=Nc2cccc(OCC(F)(F)F)c2)NC#N)N=C1c1ccc(Cl)c(Cl)c1. The molecule has 0 spiro atoms. The summed E-state index contributed by atoms with van der Waals surface area (Å²) < 4.78 is 42.6. The van der Waals surface area contributed by atoms with Gasteiger partial charge in [-0.1, -0.05) is 48.2 Å². The van der Waals surface area contributed by atoms with E-state index in [4.69, 9.17) is 33.0 Å². The third kappa shape index (κ3) is 7.17. The van der Waals surface area contributed by atoms with Gasteiger partial charge in [-0.3, -0.25) is 10.1 Å². The zero-order valence-corrected chi connectivity index (χ0v) is 23.1. The molecule has 40 heavy (non-hydrogen) atoms. The Morgan fingerprint density at radius 2 is 1.98 bits per heavy atom. The Kier molecular flexibility index (Phi) is 9.43. The molecule has 1 fully saturated rings. The number of nitrogens with zero attached hydrogens (tertiary/aromatic N) is 5. The Labute approximate surface area is 240 Å². The Balaban J connectivity index is 1.69. The van der Waals surface area contributed by atoms with Crippen LogP contribution in [0.2, 0.25) is 10.0 Å². The van der Waals surface area contributed by atoms with Crippen LogP contribution in [0.25, 0.3) is 0 Å². The van der Waals surface area contributed by atoms with Crippen molar-refractivity contribution in [1.82, 2.24) is 15.2 Å². The largest absolute Gasteiger partial charge is 0.484 e. The maximum absolute atomic E-state index is 13.5. The topological polar surface area (TPSA) is 93.3 Å². The number of rotatable bonds is 7. The van der Waals surface area contributed by atoms with Crippen LogP contribution in [0.3, 0.4) is 0 Å². The lowest BCUT2D eigenvalue weighted by molar-refractivity contribution is -0.153. The van der Waals surface area contributed by atoms with Crippen LogP contribution < -0.4 is 10.1 Å². The summed E-state index contributed by atoms with van der Waals surface area (Å²) in [5, 5.41) is 18.8. The number of hydrogen-bond acceptors (Lipinski definition) is 5. The van der Waals surface area contributed by atoms with Gasteiger partial charge < -0.3 is 9.64 Å². The Morgan fingerprint density at radius 3 is 2.62 bits per heavy atom. The van der Waals surface area contributed by atoms with Gasteiger partial charge in [0.25, 0.3) is 0 Å². The highest BCUT2D eigenvalue weighted by atomic mass is 35.5. The number of carbonyl (C=O) groups is 1. The second-order valence-corrected chi connectivity index (χ2v) is 10.2. The molecular formula is C27H27Cl2F3N6O2. The molecule has 2 aromatic carbocycles. The average Bonchev–Trinajstić information content (AvgIpc) is 3.60. The minimum Gasteiger partial charge on any atom is -0.484 e. The molecule has 212 valence electrons. The first kappa shape index (κ1) is 29.5. The maximum atomic E-state index is 13.5. The van der Waals surface area contributed by atoms with E-state index in [1.54, 1.807) is 29.2 Å². The van der Waals surface area contributed by atoms with Crippen molar-refractivity contribution in [2.45, 2.75) is 44.8 Å². The molecule has 0 aromatic heterocycles. The Morgan fingerprint density at radius 1 is 1.23 bits per heavy atom. The average molecular weight is 595 g/mol. The van der Waals surface area contributed by atoms with Crippen molar-refractivity contribution >= 4 is 46.5 Å². The molecule has 0 saturated heterocycles. The van der Waals surface area contributed by atoms with E-state index >= 15 is 0 Å². The molecular weight excluding hydrogens is 568 g/mol. The molecule has 0 bridgehead atoms. The molecule has 13 heteroatoms. The van der Waals surface area contributed by atoms with E-state index in [0.717, 1.165) is 25.7 Å². The Bertz CT molecular complexity index is 1340. The van der Waals surface area contributed by atoms with Crippen molar-refractivity contribution in [1.29, 1.82) is 5.26 Å². The highest BCUT2D eigenvalue weighted by Crippen LogP contribution is 2.31. The molecule has 1 saturated carbocycles. The summed E-state index contributed by atoms with van der Waals surface area (Å²) in [6.45, 7) is 1.07. The maximum Gasteiger partial charge on any atom is 0.422 e. The smallest absolute Gasteiger partial charge is 0.422 e. The molecule has 1 N–H and O–H groups in total. The zero-order valence-electron chi connectivity index (χ0n) is 21.6. The van der Waals surface area contributed by atoms with Gasteiger partial charge in [-0.15, -0.1) is 0 Å². The third-order valence-electron chi connectivity index (χ3n) is 6.68. The number of hydrazone groups is 1. The molecule has 1 unspecified atom stereocenters. The van der Waals surface area contributed by atoms with E-state index in [1.165, 1.54) is 23.2 Å². The Hall–Kier alpha value is -3.49.